The summed E-state index contributed by atoms with van der Waals surface area (Å²) >= 11 is 0. The number of methoxy groups -OCH3 is 1. The van der Waals surface area contributed by atoms with Crippen LogP contribution in [0.4, 0.5) is 0 Å². The standard InChI is InChI=1S/C25H25N5O4/c1-4-29-14-20(23(32)19-10-5-16(2)28-24(19)29)25(33)26-11-12-30-15-27-21(13-22(30)31)17-6-8-18(34-3)9-7-17/h5-10,13-15H,4,11-12H2,1-3H3,(H,26,33). The van der Waals surface area contributed by atoms with Crippen LogP contribution in [0.3, 0.4) is 0 Å². The number of nitrogens with zero attached hydrogens (tertiary/aromatic N) is 4. The molecular weight excluding hydrogens is 434 g/mol. The van der Waals surface area contributed by atoms with Gasteiger partial charge in [-0.05, 0) is 50.2 Å². The maximum atomic E-state index is 12.9. The van der Waals surface area contributed by atoms with Gasteiger partial charge in [-0.15, -0.1) is 0 Å². The minimum Gasteiger partial charge on any atom is -0.497 e. The van der Waals surface area contributed by atoms with Gasteiger partial charge >= 0.3 is 0 Å². The molecule has 9 heteroatoms. The third-order valence-corrected chi connectivity index (χ3v) is 5.55. The number of carbonyl (C=O) groups excluding carboxylic acids is 1. The van der Waals surface area contributed by atoms with Gasteiger partial charge in [-0.25, -0.2) is 9.97 Å². The molecule has 3 heterocycles. The minimum atomic E-state index is -0.495. The summed E-state index contributed by atoms with van der Waals surface area (Å²) in [6.07, 6.45) is 2.98. The Labute approximate surface area is 195 Å². The zero-order valence-electron chi connectivity index (χ0n) is 19.2. The van der Waals surface area contributed by atoms with Crippen molar-refractivity contribution in [2.45, 2.75) is 26.9 Å². The maximum absolute atomic E-state index is 12.9. The van der Waals surface area contributed by atoms with Gasteiger partial charge in [0.2, 0.25) is 5.43 Å². The molecule has 0 unspecified atom stereocenters. The number of aromatic nitrogens is 4. The monoisotopic (exact) mass is 459 g/mol. The van der Waals surface area contributed by atoms with E-state index >= 15 is 0 Å². The molecule has 0 atom stereocenters. The fourth-order valence-electron chi connectivity index (χ4n) is 3.66. The Morgan fingerprint density at radius 1 is 1.09 bits per heavy atom. The molecule has 1 N–H and O–H groups in total. The summed E-state index contributed by atoms with van der Waals surface area (Å²) in [4.78, 5) is 46.9. The Balaban J connectivity index is 1.47. The first kappa shape index (κ1) is 22.9. The molecule has 0 aliphatic heterocycles. The Morgan fingerprint density at radius 3 is 2.53 bits per heavy atom. The molecule has 34 heavy (non-hydrogen) atoms. The lowest BCUT2D eigenvalue weighted by atomic mass is 10.1. The molecule has 9 nitrogen and oxygen atoms in total. The molecule has 174 valence electrons. The number of fused-ring (bicyclic) bond motifs is 1. The summed E-state index contributed by atoms with van der Waals surface area (Å²) in [7, 11) is 1.59. The molecule has 0 bridgehead atoms. The van der Waals surface area contributed by atoms with Crippen molar-refractivity contribution < 1.29 is 9.53 Å². The van der Waals surface area contributed by atoms with Gasteiger partial charge in [0, 0.05) is 43.2 Å². The predicted octanol–water partition coefficient (Wildman–Crippen LogP) is 2.39. The van der Waals surface area contributed by atoms with Gasteiger partial charge in [0.25, 0.3) is 11.5 Å². The third kappa shape index (κ3) is 4.59. The average molecular weight is 460 g/mol. The van der Waals surface area contributed by atoms with Gasteiger partial charge in [0.15, 0.2) is 0 Å². The molecule has 0 saturated heterocycles. The van der Waals surface area contributed by atoms with Gasteiger partial charge in [0.05, 0.1) is 24.5 Å². The minimum absolute atomic E-state index is 0.0420. The number of benzene rings is 1. The lowest BCUT2D eigenvalue weighted by molar-refractivity contribution is 0.0950. The Morgan fingerprint density at radius 2 is 1.85 bits per heavy atom. The normalized spacial score (nSPS) is 10.9. The maximum Gasteiger partial charge on any atom is 0.256 e. The van der Waals surface area contributed by atoms with Gasteiger partial charge in [0.1, 0.15) is 17.0 Å². The fourth-order valence-corrected chi connectivity index (χ4v) is 3.66. The lowest BCUT2D eigenvalue weighted by Crippen LogP contribution is -2.34. The van der Waals surface area contributed by atoms with E-state index in [0.29, 0.717) is 23.3 Å². The molecule has 3 aromatic heterocycles. The molecule has 0 saturated carbocycles. The van der Waals surface area contributed by atoms with Crippen molar-refractivity contribution in [2.24, 2.45) is 0 Å². The van der Waals surface area contributed by atoms with E-state index in [4.69, 9.17) is 4.74 Å². The van der Waals surface area contributed by atoms with Crippen molar-refractivity contribution in [2.75, 3.05) is 13.7 Å². The van der Waals surface area contributed by atoms with Crippen molar-refractivity contribution in [3.8, 4) is 17.0 Å². The predicted molar refractivity (Wildman–Crippen MR) is 129 cm³/mol. The van der Waals surface area contributed by atoms with Gasteiger partial charge in [-0.1, -0.05) is 0 Å². The number of ether oxygens (including phenoxy) is 1. The molecule has 1 aromatic carbocycles. The lowest BCUT2D eigenvalue weighted by Gasteiger charge is -2.12. The van der Waals surface area contributed by atoms with E-state index in [1.807, 2.05) is 26.0 Å². The van der Waals surface area contributed by atoms with Crippen LogP contribution in [0.2, 0.25) is 0 Å². The number of amides is 1. The highest BCUT2D eigenvalue weighted by Crippen LogP contribution is 2.19. The highest BCUT2D eigenvalue weighted by molar-refractivity contribution is 5.96. The Bertz CT molecular complexity index is 1470. The van der Waals surface area contributed by atoms with Gasteiger partial charge in [-0.2, -0.15) is 0 Å². The first-order valence-corrected chi connectivity index (χ1v) is 10.9. The molecule has 4 aromatic rings. The van der Waals surface area contributed by atoms with Crippen LogP contribution in [0.1, 0.15) is 23.0 Å². The molecule has 0 fully saturated rings. The molecular formula is C25H25N5O4. The van der Waals surface area contributed by atoms with Crippen molar-refractivity contribution >= 4 is 16.9 Å². The van der Waals surface area contributed by atoms with E-state index in [0.717, 1.165) is 17.0 Å². The van der Waals surface area contributed by atoms with E-state index in [1.165, 1.54) is 23.2 Å². The van der Waals surface area contributed by atoms with Crippen LogP contribution in [-0.4, -0.2) is 38.7 Å². The highest BCUT2D eigenvalue weighted by Gasteiger charge is 2.16. The summed E-state index contributed by atoms with van der Waals surface area (Å²) in [5.74, 6) is 0.224. The van der Waals surface area contributed by atoms with E-state index < -0.39 is 5.91 Å². The van der Waals surface area contributed by atoms with E-state index in [9.17, 15) is 14.4 Å². The fraction of sp³-hybridized carbons (Fsp3) is 0.240. The summed E-state index contributed by atoms with van der Waals surface area (Å²) in [6.45, 7) is 4.72. The molecule has 0 aliphatic carbocycles. The molecule has 0 spiro atoms. The second-order valence-corrected chi connectivity index (χ2v) is 7.77. The third-order valence-electron chi connectivity index (χ3n) is 5.55. The van der Waals surface area contributed by atoms with E-state index in [1.54, 1.807) is 35.9 Å². The smallest absolute Gasteiger partial charge is 0.256 e. The molecule has 0 radical (unpaired) electrons. The van der Waals surface area contributed by atoms with E-state index in [-0.39, 0.29) is 29.6 Å². The Hall–Kier alpha value is -4.27. The largest absolute Gasteiger partial charge is 0.497 e. The van der Waals surface area contributed by atoms with Crippen molar-refractivity contribution in [3.05, 3.63) is 86.8 Å². The second kappa shape index (κ2) is 9.70. The number of pyridine rings is 2. The van der Waals surface area contributed by atoms with Crippen LogP contribution in [0.5, 0.6) is 5.75 Å². The summed E-state index contributed by atoms with van der Waals surface area (Å²) in [5.41, 5.74) is 2.13. The summed E-state index contributed by atoms with van der Waals surface area (Å²) < 4.78 is 8.33. The summed E-state index contributed by atoms with van der Waals surface area (Å²) in [6, 6.07) is 12.1. The van der Waals surface area contributed by atoms with E-state index in [2.05, 4.69) is 15.3 Å². The number of aryl methyl sites for hydroxylation is 2. The average Bonchev–Trinajstić information content (AvgIpc) is 2.85. The highest BCUT2D eigenvalue weighted by atomic mass is 16.5. The van der Waals surface area contributed by atoms with Gasteiger partial charge in [-0.3, -0.25) is 19.0 Å². The van der Waals surface area contributed by atoms with Crippen molar-refractivity contribution in [1.29, 1.82) is 0 Å². The van der Waals surface area contributed by atoms with Crippen LogP contribution in [0.15, 0.2) is 64.6 Å². The first-order chi connectivity index (χ1) is 16.4. The Kier molecular flexibility index (Phi) is 6.53. The zero-order chi connectivity index (χ0) is 24.2. The van der Waals surface area contributed by atoms with Crippen molar-refractivity contribution in [3.63, 3.8) is 0 Å². The second-order valence-electron chi connectivity index (χ2n) is 7.77. The number of carbonyl (C=O) groups is 1. The molecule has 0 aliphatic rings. The summed E-state index contributed by atoms with van der Waals surface area (Å²) in [5, 5.41) is 3.13. The van der Waals surface area contributed by atoms with Crippen LogP contribution in [0.25, 0.3) is 22.3 Å². The topological polar surface area (TPSA) is 108 Å². The number of hydrogen-bond acceptors (Lipinski definition) is 6. The van der Waals surface area contributed by atoms with Crippen LogP contribution in [-0.2, 0) is 13.1 Å². The molecule has 1 amide bonds. The number of rotatable bonds is 7. The number of nitrogens with one attached hydrogen (secondary N) is 1. The first-order valence-electron chi connectivity index (χ1n) is 10.9. The van der Waals surface area contributed by atoms with Crippen molar-refractivity contribution in [1.82, 2.24) is 24.4 Å². The quantitative estimate of drug-likeness (QED) is 0.455. The number of hydrogen-bond donors (Lipinski definition) is 1. The van der Waals surface area contributed by atoms with Gasteiger partial charge < -0.3 is 14.6 Å². The van der Waals surface area contributed by atoms with Crippen LogP contribution < -0.4 is 21.0 Å². The zero-order valence-corrected chi connectivity index (χ0v) is 19.2. The van der Waals surface area contributed by atoms with Crippen LogP contribution in [0, 0.1) is 6.92 Å². The van der Waals surface area contributed by atoms with Crippen LogP contribution >= 0.6 is 0 Å². The SMILES string of the molecule is CCn1cc(C(=O)NCCn2cnc(-c3ccc(OC)cc3)cc2=O)c(=O)c2ccc(C)nc21. The molecule has 4 rings (SSSR count).